The largest absolute Gasteiger partial charge is 0.532 e. The van der Waals surface area contributed by atoms with Crippen LogP contribution in [0, 0.1) is 23.6 Å². The van der Waals surface area contributed by atoms with Crippen LogP contribution in [0.15, 0.2) is 133 Å². The van der Waals surface area contributed by atoms with Gasteiger partial charge in [-0.25, -0.2) is 4.39 Å². The molecule has 336 valence electrons. The van der Waals surface area contributed by atoms with Crippen LogP contribution in [-0.2, 0) is 41.6 Å². The van der Waals surface area contributed by atoms with E-state index in [1.165, 1.54) is 25.3 Å². The highest BCUT2D eigenvalue weighted by Crippen LogP contribution is 2.58. The van der Waals surface area contributed by atoms with Gasteiger partial charge < -0.3 is 37.6 Å². The van der Waals surface area contributed by atoms with Crippen molar-refractivity contribution in [2.75, 3.05) is 13.7 Å². The van der Waals surface area contributed by atoms with Gasteiger partial charge in [0.25, 0.3) is 0 Å². The minimum Gasteiger partial charge on any atom is -0.532 e. The monoisotopic (exact) mass is 884 g/mol. The zero-order valence-electron chi connectivity index (χ0n) is 37.4. The Kier molecular flexibility index (Phi) is 12.3. The fourth-order valence-electron chi connectivity index (χ4n) is 11.8. The molecule has 0 radical (unpaired) electrons. The van der Waals surface area contributed by atoms with Crippen LogP contribution in [0.3, 0.4) is 0 Å². The maximum absolute atomic E-state index is 16.7. The van der Waals surface area contributed by atoms with Gasteiger partial charge in [-0.2, -0.15) is 0 Å². The molecule has 64 heavy (non-hydrogen) atoms. The molecule has 0 aromatic heterocycles. The van der Waals surface area contributed by atoms with E-state index in [9.17, 15) is 0 Å². The molecule has 0 N–H and O–H groups in total. The molecule has 6 atom stereocenters. The number of fused-ring (bicyclic) bond motifs is 1. The Labute approximate surface area is 378 Å². The topological polar surface area (TPSA) is 73.8 Å². The van der Waals surface area contributed by atoms with Gasteiger partial charge in [-0.15, -0.1) is 0 Å². The average Bonchev–Trinajstić information content (AvgIpc) is 3.30. The van der Waals surface area contributed by atoms with Gasteiger partial charge in [0.05, 0.1) is 32.5 Å². The summed E-state index contributed by atoms with van der Waals surface area (Å²) in [4.78, 5) is 0. The van der Waals surface area contributed by atoms with Gasteiger partial charge in [0.2, 0.25) is 0 Å². The van der Waals surface area contributed by atoms with E-state index >= 15 is 4.39 Å². The van der Waals surface area contributed by atoms with Crippen LogP contribution in [0.1, 0.15) is 82.3 Å². The fourth-order valence-corrected chi connectivity index (χ4v) is 16.3. The molecule has 6 aliphatic rings. The van der Waals surface area contributed by atoms with Crippen LogP contribution in [0.5, 0.6) is 11.5 Å². The van der Waals surface area contributed by atoms with Crippen molar-refractivity contribution in [3.63, 3.8) is 0 Å². The molecule has 4 aliphatic carbocycles. The third-order valence-electron chi connectivity index (χ3n) is 14.4. The van der Waals surface area contributed by atoms with Crippen molar-refractivity contribution in [1.82, 2.24) is 0 Å². The standard InChI is InChI=1S/C54H61FO8Si/c1-53(2,3)64(43-16-10-6-11-17-43,44-18-12-7-13-19-44)63-46-25-22-37(29-45(46)55)34-57-49-48-47(35-59-51(61-48)41-14-8-5-9-15-41)60-52(50(49)58-33-36-20-23-42(56-4)24-21-36)62-54-30-38-26-39(31-54)28-40(27-38)32-54/h5-25,29,38-40,47-52H,26-28,30-35H2,1-4H3/t38?,39?,40?,47-,48-,49+,50+,51-,52+,54?/m1/s1. The summed E-state index contributed by atoms with van der Waals surface area (Å²) in [7, 11) is -1.42. The van der Waals surface area contributed by atoms with Crippen molar-refractivity contribution >= 4 is 18.7 Å². The van der Waals surface area contributed by atoms with Gasteiger partial charge in [0.15, 0.2) is 18.4 Å². The van der Waals surface area contributed by atoms with Gasteiger partial charge in [-0.3, -0.25) is 0 Å². The first-order valence-electron chi connectivity index (χ1n) is 23.2. The van der Waals surface area contributed by atoms with Gasteiger partial charge in [-0.05, 0) is 107 Å². The molecule has 10 heteroatoms. The van der Waals surface area contributed by atoms with Crippen LogP contribution in [0.25, 0.3) is 0 Å². The molecule has 0 spiro atoms. The van der Waals surface area contributed by atoms with Crippen molar-refractivity contribution < 1.29 is 42.0 Å². The highest BCUT2D eigenvalue weighted by atomic mass is 28.4. The Morgan fingerprint density at radius 1 is 0.672 bits per heavy atom. The first-order valence-corrected chi connectivity index (χ1v) is 25.1. The van der Waals surface area contributed by atoms with E-state index < -0.39 is 51.1 Å². The summed E-state index contributed by atoms with van der Waals surface area (Å²) in [5, 5.41) is 1.82. The quantitative estimate of drug-likeness (QED) is 0.102. The lowest BCUT2D eigenvalue weighted by Crippen LogP contribution is -2.68. The third kappa shape index (κ3) is 8.71. The molecule has 4 saturated carbocycles. The van der Waals surface area contributed by atoms with Crippen LogP contribution in [0.4, 0.5) is 4.39 Å². The van der Waals surface area contributed by atoms with Gasteiger partial charge >= 0.3 is 8.32 Å². The molecule has 0 unspecified atom stereocenters. The van der Waals surface area contributed by atoms with E-state index in [1.807, 2.05) is 97.1 Å². The zero-order chi connectivity index (χ0) is 43.9. The first-order chi connectivity index (χ1) is 31.1. The Morgan fingerprint density at radius 3 is 1.81 bits per heavy atom. The van der Waals surface area contributed by atoms with E-state index in [1.54, 1.807) is 13.2 Å². The molecule has 8 nitrogen and oxygen atoms in total. The number of halogens is 1. The van der Waals surface area contributed by atoms with Crippen molar-refractivity contribution in [2.45, 2.75) is 120 Å². The molecule has 5 aromatic carbocycles. The van der Waals surface area contributed by atoms with Crippen molar-refractivity contribution in [1.29, 1.82) is 0 Å². The second-order valence-corrected chi connectivity index (χ2v) is 24.1. The number of ether oxygens (including phenoxy) is 7. The first kappa shape index (κ1) is 43.5. The highest BCUT2D eigenvalue weighted by Gasteiger charge is 2.58. The lowest BCUT2D eigenvalue weighted by molar-refractivity contribution is -0.391. The summed E-state index contributed by atoms with van der Waals surface area (Å²) >= 11 is 0. The normalized spacial score (nSPS) is 29.9. The summed E-state index contributed by atoms with van der Waals surface area (Å²) < 4.78 is 70.7. The Hall–Kier alpha value is -4.39. The SMILES string of the molecule is COc1ccc(CO[C@@H]2[C@H](OC34CC5CC(CC(C5)C3)C4)O[C@@H]3CO[C@@H](c4ccccc4)O[C@H]3[C@@H]2OCc2ccc(O[Si](c3ccccc3)(c3ccccc3)C(C)(C)C)c(F)c2)cc1. The van der Waals surface area contributed by atoms with Crippen LogP contribution >= 0.6 is 0 Å². The van der Waals surface area contributed by atoms with Crippen LogP contribution < -0.4 is 19.5 Å². The van der Waals surface area contributed by atoms with Crippen LogP contribution in [-0.4, -0.2) is 58.3 Å². The van der Waals surface area contributed by atoms with E-state index in [-0.39, 0.29) is 29.6 Å². The lowest BCUT2D eigenvalue weighted by Gasteiger charge is -2.58. The lowest BCUT2D eigenvalue weighted by atomic mass is 9.54. The van der Waals surface area contributed by atoms with E-state index in [0.717, 1.165) is 46.5 Å². The van der Waals surface area contributed by atoms with Crippen molar-refractivity contribution in [3.05, 3.63) is 156 Å². The van der Waals surface area contributed by atoms with Crippen molar-refractivity contribution in [2.24, 2.45) is 17.8 Å². The van der Waals surface area contributed by atoms with Gasteiger partial charge in [0.1, 0.15) is 35.9 Å². The number of rotatable bonds is 14. The Bertz CT molecular complexity index is 2250. The second kappa shape index (κ2) is 18.1. The molecule has 2 aliphatic heterocycles. The summed E-state index contributed by atoms with van der Waals surface area (Å²) in [5.41, 5.74) is 2.27. The molecule has 2 heterocycles. The summed E-state index contributed by atoms with van der Waals surface area (Å²) in [6.45, 7) is 7.24. The molecule has 5 aromatic rings. The minimum atomic E-state index is -3.08. The fraction of sp³-hybridized carbons (Fsp3) is 0.444. The summed E-state index contributed by atoms with van der Waals surface area (Å²) in [6.07, 6.45) is 3.25. The number of hydrogen-bond acceptors (Lipinski definition) is 8. The maximum Gasteiger partial charge on any atom is 0.320 e. The third-order valence-corrected chi connectivity index (χ3v) is 19.4. The maximum atomic E-state index is 16.7. The molecular weight excluding hydrogens is 824 g/mol. The molecule has 6 fully saturated rings. The highest BCUT2D eigenvalue weighted by molar-refractivity contribution is 7.00. The predicted molar refractivity (Wildman–Crippen MR) is 245 cm³/mol. The Morgan fingerprint density at radius 2 is 1.23 bits per heavy atom. The predicted octanol–water partition coefficient (Wildman–Crippen LogP) is 10.1. The number of methoxy groups -OCH3 is 1. The summed E-state index contributed by atoms with van der Waals surface area (Å²) in [6, 6.07) is 43.6. The molecular formula is C54H61FO8Si. The second-order valence-electron chi connectivity index (χ2n) is 19.9. The van der Waals surface area contributed by atoms with E-state index in [2.05, 4.69) is 45.0 Å². The zero-order valence-corrected chi connectivity index (χ0v) is 38.4. The molecule has 4 bridgehead atoms. The van der Waals surface area contributed by atoms with E-state index in [4.69, 9.17) is 37.6 Å². The minimum absolute atomic E-state index is 0.0942. The molecule has 2 saturated heterocycles. The Balaban J connectivity index is 0.966. The number of benzene rings is 5. The van der Waals surface area contributed by atoms with Gasteiger partial charge in [0, 0.05) is 5.56 Å². The van der Waals surface area contributed by atoms with Gasteiger partial charge in [-0.1, -0.05) is 130 Å². The summed E-state index contributed by atoms with van der Waals surface area (Å²) in [5.74, 6) is 2.59. The average molecular weight is 885 g/mol. The smallest absolute Gasteiger partial charge is 0.320 e. The number of hydrogen-bond donors (Lipinski definition) is 0. The van der Waals surface area contributed by atoms with Crippen molar-refractivity contribution in [3.8, 4) is 11.5 Å². The molecule has 0 amide bonds. The van der Waals surface area contributed by atoms with E-state index in [0.29, 0.717) is 29.9 Å². The van der Waals surface area contributed by atoms with Crippen LogP contribution in [0.2, 0.25) is 5.04 Å². The molecule has 11 rings (SSSR count).